The minimum Gasteiger partial charge on any atom is -0.372 e. The summed E-state index contributed by atoms with van der Waals surface area (Å²) in [6, 6.07) is 15.5. The molecule has 0 aliphatic carbocycles. The number of aryl methyl sites for hydroxylation is 1. The molecule has 0 aliphatic rings. The van der Waals surface area contributed by atoms with E-state index in [1.807, 2.05) is 11.8 Å². The van der Waals surface area contributed by atoms with E-state index in [0.717, 1.165) is 13.1 Å². The Morgan fingerprint density at radius 3 is 2.20 bits per heavy atom. The summed E-state index contributed by atoms with van der Waals surface area (Å²) < 4.78 is 1.29. The highest BCUT2D eigenvalue weighted by atomic mass is 127. The van der Waals surface area contributed by atoms with Crippen molar-refractivity contribution in [3.63, 3.8) is 0 Å². The molecule has 0 bridgehead atoms. The Hall–Kier alpha value is -0.680. The Bertz CT molecular complexity index is 562. The molecule has 0 heterocycles. The van der Waals surface area contributed by atoms with Crippen LogP contribution in [0.2, 0.25) is 0 Å². The van der Waals surface area contributed by atoms with Crippen molar-refractivity contribution >= 4 is 40.0 Å². The summed E-state index contributed by atoms with van der Waals surface area (Å²) in [5.74, 6) is 0. The maximum absolute atomic E-state index is 2.41. The van der Waals surface area contributed by atoms with Gasteiger partial charge >= 0.3 is 0 Å². The van der Waals surface area contributed by atoms with E-state index in [0.29, 0.717) is 0 Å². The molecule has 2 aromatic carbocycles. The molecule has 0 saturated heterocycles. The van der Waals surface area contributed by atoms with Crippen molar-refractivity contribution in [2.24, 2.45) is 0 Å². The maximum atomic E-state index is 2.41. The minimum atomic E-state index is 1.05. The van der Waals surface area contributed by atoms with E-state index < -0.39 is 0 Å². The highest BCUT2D eigenvalue weighted by Gasteiger charge is 2.06. The van der Waals surface area contributed by atoms with Crippen LogP contribution >= 0.6 is 34.4 Å². The lowest BCUT2D eigenvalue weighted by Gasteiger charge is -2.22. The summed E-state index contributed by atoms with van der Waals surface area (Å²) >= 11 is 4.24. The first kappa shape index (κ1) is 15.7. The quantitative estimate of drug-likeness (QED) is 0.605. The van der Waals surface area contributed by atoms with Gasteiger partial charge in [-0.15, -0.1) is 0 Å². The first-order chi connectivity index (χ1) is 9.62. The van der Waals surface area contributed by atoms with Crippen molar-refractivity contribution in [2.45, 2.75) is 30.6 Å². The fourth-order valence-electron chi connectivity index (χ4n) is 2.12. The number of benzene rings is 2. The van der Waals surface area contributed by atoms with Gasteiger partial charge in [0.2, 0.25) is 0 Å². The Labute approximate surface area is 139 Å². The van der Waals surface area contributed by atoms with Crippen molar-refractivity contribution < 1.29 is 0 Å². The standard InChI is InChI=1S/C17H20INS/c1-4-19(5-2)15-10-14(18)11-17(12-15)20-16-8-6-13(3)7-9-16/h6-12H,4-5H2,1-3H3. The molecule has 3 heteroatoms. The summed E-state index contributed by atoms with van der Waals surface area (Å²) in [5, 5.41) is 0. The monoisotopic (exact) mass is 397 g/mol. The second-order valence-electron chi connectivity index (χ2n) is 4.73. The van der Waals surface area contributed by atoms with Crippen LogP contribution in [0.15, 0.2) is 52.3 Å². The van der Waals surface area contributed by atoms with Crippen LogP contribution in [-0.2, 0) is 0 Å². The van der Waals surface area contributed by atoms with Crippen LogP contribution in [0.25, 0.3) is 0 Å². The molecule has 0 fully saturated rings. The molecule has 0 aromatic heterocycles. The first-order valence-electron chi connectivity index (χ1n) is 6.92. The average Bonchev–Trinajstić information content (AvgIpc) is 2.42. The van der Waals surface area contributed by atoms with Gasteiger partial charge in [-0.25, -0.2) is 0 Å². The van der Waals surface area contributed by atoms with E-state index in [1.54, 1.807) is 0 Å². The lowest BCUT2D eigenvalue weighted by atomic mass is 10.2. The third kappa shape index (κ3) is 4.16. The van der Waals surface area contributed by atoms with Crippen LogP contribution < -0.4 is 4.90 Å². The fourth-order valence-corrected chi connectivity index (χ4v) is 3.90. The Balaban J connectivity index is 2.25. The van der Waals surface area contributed by atoms with Gasteiger partial charge in [-0.3, -0.25) is 0 Å². The third-order valence-corrected chi connectivity index (χ3v) is 4.84. The van der Waals surface area contributed by atoms with Gasteiger partial charge in [-0.1, -0.05) is 29.5 Å². The molecule has 2 aromatic rings. The van der Waals surface area contributed by atoms with E-state index in [1.165, 1.54) is 24.6 Å². The smallest absolute Gasteiger partial charge is 0.0387 e. The summed E-state index contributed by atoms with van der Waals surface area (Å²) in [6.07, 6.45) is 0. The number of anilines is 1. The normalized spacial score (nSPS) is 10.6. The van der Waals surface area contributed by atoms with E-state index in [-0.39, 0.29) is 0 Å². The summed E-state index contributed by atoms with van der Waals surface area (Å²) in [6.45, 7) is 8.63. The second-order valence-corrected chi connectivity index (χ2v) is 7.13. The number of hydrogen-bond acceptors (Lipinski definition) is 2. The molecule has 0 saturated carbocycles. The number of hydrogen-bond donors (Lipinski definition) is 0. The zero-order valence-electron chi connectivity index (χ0n) is 12.2. The number of nitrogens with zero attached hydrogens (tertiary/aromatic N) is 1. The Morgan fingerprint density at radius 1 is 0.950 bits per heavy atom. The van der Waals surface area contributed by atoms with Gasteiger partial charge < -0.3 is 4.90 Å². The molecule has 0 N–H and O–H groups in total. The van der Waals surface area contributed by atoms with E-state index in [9.17, 15) is 0 Å². The summed E-state index contributed by atoms with van der Waals surface area (Å²) in [5.41, 5.74) is 2.62. The topological polar surface area (TPSA) is 3.24 Å². The predicted molar refractivity (Wildman–Crippen MR) is 98.0 cm³/mol. The second kappa shape index (κ2) is 7.36. The molecule has 106 valence electrons. The molecule has 0 amide bonds. The molecule has 0 aliphatic heterocycles. The van der Waals surface area contributed by atoms with Gasteiger partial charge in [0, 0.05) is 32.1 Å². The molecule has 20 heavy (non-hydrogen) atoms. The zero-order chi connectivity index (χ0) is 14.5. The van der Waals surface area contributed by atoms with Crippen LogP contribution in [0.1, 0.15) is 19.4 Å². The molecule has 0 unspecified atom stereocenters. The van der Waals surface area contributed by atoms with E-state index in [4.69, 9.17) is 0 Å². The summed E-state index contributed by atoms with van der Waals surface area (Å²) in [4.78, 5) is 4.99. The highest BCUT2D eigenvalue weighted by molar-refractivity contribution is 14.1. The van der Waals surface area contributed by atoms with Gasteiger partial charge in [-0.2, -0.15) is 0 Å². The van der Waals surface area contributed by atoms with Crippen molar-refractivity contribution in [1.82, 2.24) is 0 Å². The van der Waals surface area contributed by atoms with Gasteiger partial charge in [0.25, 0.3) is 0 Å². The summed E-state index contributed by atoms with van der Waals surface area (Å²) in [7, 11) is 0. The molecule has 2 rings (SSSR count). The number of rotatable bonds is 5. The maximum Gasteiger partial charge on any atom is 0.0387 e. The van der Waals surface area contributed by atoms with Crippen LogP contribution in [0.4, 0.5) is 5.69 Å². The molecular weight excluding hydrogens is 377 g/mol. The van der Waals surface area contributed by atoms with Gasteiger partial charge in [0.05, 0.1) is 0 Å². The number of halogens is 1. The highest BCUT2D eigenvalue weighted by Crippen LogP contribution is 2.32. The predicted octanol–water partition coefficient (Wildman–Crippen LogP) is 5.60. The minimum absolute atomic E-state index is 1.05. The Morgan fingerprint density at radius 2 is 1.60 bits per heavy atom. The Kier molecular flexibility index (Phi) is 5.78. The molecule has 0 radical (unpaired) electrons. The SMILES string of the molecule is CCN(CC)c1cc(I)cc(Sc2ccc(C)cc2)c1. The fraction of sp³-hybridized carbons (Fsp3) is 0.294. The molecule has 0 atom stereocenters. The zero-order valence-corrected chi connectivity index (χ0v) is 15.2. The third-order valence-electron chi connectivity index (χ3n) is 3.24. The van der Waals surface area contributed by atoms with Crippen molar-refractivity contribution in [3.05, 3.63) is 51.6 Å². The average molecular weight is 397 g/mol. The van der Waals surface area contributed by atoms with Crippen LogP contribution in [0.3, 0.4) is 0 Å². The van der Waals surface area contributed by atoms with Crippen molar-refractivity contribution in [2.75, 3.05) is 18.0 Å². The largest absolute Gasteiger partial charge is 0.372 e. The lowest BCUT2D eigenvalue weighted by Crippen LogP contribution is -2.21. The van der Waals surface area contributed by atoms with Gasteiger partial charge in [-0.05, 0) is 73.7 Å². The van der Waals surface area contributed by atoms with E-state index >= 15 is 0 Å². The lowest BCUT2D eigenvalue weighted by molar-refractivity contribution is 0.864. The molecule has 0 spiro atoms. The van der Waals surface area contributed by atoms with Gasteiger partial charge in [0.15, 0.2) is 0 Å². The van der Waals surface area contributed by atoms with Crippen LogP contribution in [0.5, 0.6) is 0 Å². The van der Waals surface area contributed by atoms with Crippen LogP contribution in [0, 0.1) is 10.5 Å². The van der Waals surface area contributed by atoms with E-state index in [2.05, 4.69) is 90.7 Å². The van der Waals surface area contributed by atoms with Gasteiger partial charge in [0.1, 0.15) is 0 Å². The van der Waals surface area contributed by atoms with Crippen molar-refractivity contribution in [1.29, 1.82) is 0 Å². The molecule has 1 nitrogen and oxygen atoms in total. The molecular formula is C17H20INS. The van der Waals surface area contributed by atoms with Crippen LogP contribution in [-0.4, -0.2) is 13.1 Å². The first-order valence-corrected chi connectivity index (χ1v) is 8.82. The van der Waals surface area contributed by atoms with Crippen molar-refractivity contribution in [3.8, 4) is 0 Å².